The molecule has 1 aromatic rings. The van der Waals surface area contributed by atoms with E-state index in [2.05, 4.69) is 14.7 Å². The van der Waals surface area contributed by atoms with Crippen LogP contribution in [0.5, 0.6) is 0 Å². The molecule has 0 aliphatic heterocycles. The van der Waals surface area contributed by atoms with E-state index in [0.717, 1.165) is 0 Å². The van der Waals surface area contributed by atoms with Crippen LogP contribution < -0.4 is 4.72 Å². The summed E-state index contributed by atoms with van der Waals surface area (Å²) in [6.45, 7) is 5.38. The predicted molar refractivity (Wildman–Crippen MR) is 69.2 cm³/mol. The molecule has 0 aliphatic rings. The zero-order chi connectivity index (χ0) is 14.6. The molecular weight excluding hydrogens is 270 g/mol. The van der Waals surface area contributed by atoms with Crippen molar-refractivity contribution >= 4 is 16.0 Å². The number of carbonyl (C=O) groups is 1. The summed E-state index contributed by atoms with van der Waals surface area (Å²) in [5.74, 6) is -0.598. The lowest BCUT2D eigenvalue weighted by Crippen LogP contribution is -2.40. The van der Waals surface area contributed by atoms with Crippen molar-refractivity contribution in [2.75, 3.05) is 0 Å². The van der Waals surface area contributed by atoms with Gasteiger partial charge in [0.25, 0.3) is 10.0 Å². The summed E-state index contributed by atoms with van der Waals surface area (Å²) in [7, 11) is -3.77. The van der Waals surface area contributed by atoms with Crippen molar-refractivity contribution in [1.82, 2.24) is 14.7 Å². The van der Waals surface area contributed by atoms with Gasteiger partial charge in [-0.2, -0.15) is 0 Å². The molecule has 1 atom stereocenters. The van der Waals surface area contributed by atoms with Crippen molar-refractivity contribution in [1.29, 1.82) is 0 Å². The summed E-state index contributed by atoms with van der Waals surface area (Å²) >= 11 is 0. The molecule has 3 N–H and O–H groups in total. The molecule has 0 radical (unpaired) electrons. The number of hydrogen-bond acceptors (Lipinski definition) is 4. The monoisotopic (exact) mass is 289 g/mol. The van der Waals surface area contributed by atoms with Crippen LogP contribution >= 0.6 is 0 Å². The van der Waals surface area contributed by atoms with E-state index in [4.69, 9.17) is 5.11 Å². The Labute approximate surface area is 112 Å². The Kier molecular flexibility index (Phi) is 5.07. The molecule has 1 aromatic heterocycles. The predicted octanol–water partition coefficient (Wildman–Crippen LogP) is 0.750. The number of aromatic amines is 1. The summed E-state index contributed by atoms with van der Waals surface area (Å²) < 4.78 is 26.6. The van der Waals surface area contributed by atoms with Crippen molar-refractivity contribution < 1.29 is 18.3 Å². The average molecular weight is 289 g/mol. The standard InChI is InChI=1S/C11H19N3O4S/c1-4-9-12-6-10(13-9)19(17,18)14-8(7(2)3)5-11(15)16/h6-8,14H,4-5H2,1-3H3,(H,12,13)(H,15,16). The van der Waals surface area contributed by atoms with E-state index < -0.39 is 22.0 Å². The molecule has 0 aromatic carbocycles. The number of carboxylic acid groups (broad SMARTS) is 1. The Hall–Kier alpha value is -1.41. The Morgan fingerprint density at radius 3 is 2.58 bits per heavy atom. The van der Waals surface area contributed by atoms with Crippen LogP contribution in [0.25, 0.3) is 0 Å². The molecule has 1 rings (SSSR count). The lowest BCUT2D eigenvalue weighted by Gasteiger charge is -2.19. The number of aliphatic carboxylic acids is 1. The third kappa shape index (κ3) is 4.32. The number of nitrogens with zero attached hydrogens (tertiary/aromatic N) is 1. The molecule has 7 nitrogen and oxygen atoms in total. The number of H-pyrrole nitrogens is 1. The first kappa shape index (κ1) is 15.6. The van der Waals surface area contributed by atoms with Gasteiger partial charge in [0.15, 0.2) is 5.03 Å². The second-order valence-corrected chi connectivity index (χ2v) is 6.30. The second kappa shape index (κ2) is 6.16. The van der Waals surface area contributed by atoms with Crippen molar-refractivity contribution in [3.05, 3.63) is 12.0 Å². The Balaban J connectivity index is 2.90. The van der Waals surface area contributed by atoms with Crippen LogP contribution in [0, 0.1) is 5.92 Å². The van der Waals surface area contributed by atoms with Gasteiger partial charge >= 0.3 is 5.97 Å². The summed E-state index contributed by atoms with van der Waals surface area (Å²) in [4.78, 5) is 17.3. The first-order chi connectivity index (χ1) is 8.76. The molecule has 0 aliphatic carbocycles. The largest absolute Gasteiger partial charge is 0.481 e. The topological polar surface area (TPSA) is 112 Å². The van der Waals surface area contributed by atoms with E-state index in [9.17, 15) is 13.2 Å². The zero-order valence-corrected chi connectivity index (χ0v) is 12.0. The van der Waals surface area contributed by atoms with Gasteiger partial charge in [-0.25, -0.2) is 18.1 Å². The Bertz CT molecular complexity index is 536. The van der Waals surface area contributed by atoms with Crippen LogP contribution in [0.1, 0.15) is 33.0 Å². The van der Waals surface area contributed by atoms with E-state index in [1.807, 2.05) is 6.92 Å². The molecule has 0 amide bonds. The van der Waals surface area contributed by atoms with Gasteiger partial charge < -0.3 is 10.1 Å². The molecule has 1 heterocycles. The fourth-order valence-electron chi connectivity index (χ4n) is 1.52. The van der Waals surface area contributed by atoms with Gasteiger partial charge in [0.2, 0.25) is 0 Å². The molecule has 108 valence electrons. The van der Waals surface area contributed by atoms with Crippen molar-refractivity contribution in [3.8, 4) is 0 Å². The highest BCUT2D eigenvalue weighted by atomic mass is 32.2. The number of carboxylic acids is 1. The van der Waals surface area contributed by atoms with Gasteiger partial charge in [0.05, 0.1) is 12.6 Å². The van der Waals surface area contributed by atoms with Crippen LogP contribution in [0.2, 0.25) is 0 Å². The molecule has 0 bridgehead atoms. The molecular formula is C11H19N3O4S. The SMILES string of the molecule is CCc1ncc(S(=O)(=O)NC(CC(=O)O)C(C)C)[nH]1. The second-order valence-electron chi connectivity index (χ2n) is 4.62. The summed E-state index contributed by atoms with van der Waals surface area (Å²) in [5.41, 5.74) is 0. The smallest absolute Gasteiger partial charge is 0.304 e. The van der Waals surface area contributed by atoms with Gasteiger partial charge in [-0.1, -0.05) is 20.8 Å². The van der Waals surface area contributed by atoms with Crippen molar-refractivity contribution in [3.63, 3.8) is 0 Å². The number of aryl methyl sites for hydroxylation is 1. The maximum atomic E-state index is 12.1. The van der Waals surface area contributed by atoms with Crippen LogP contribution in [-0.2, 0) is 21.2 Å². The third-order valence-electron chi connectivity index (χ3n) is 2.74. The van der Waals surface area contributed by atoms with Crippen molar-refractivity contribution in [2.24, 2.45) is 5.92 Å². The lowest BCUT2D eigenvalue weighted by atomic mass is 10.0. The Morgan fingerprint density at radius 2 is 2.16 bits per heavy atom. The maximum Gasteiger partial charge on any atom is 0.304 e. The minimum absolute atomic E-state index is 0.0413. The lowest BCUT2D eigenvalue weighted by molar-refractivity contribution is -0.137. The van der Waals surface area contributed by atoms with Crippen LogP contribution in [0.15, 0.2) is 11.2 Å². The van der Waals surface area contributed by atoms with Gasteiger partial charge in [-0.05, 0) is 5.92 Å². The molecule has 1 unspecified atom stereocenters. The number of nitrogens with one attached hydrogen (secondary N) is 2. The maximum absolute atomic E-state index is 12.1. The minimum Gasteiger partial charge on any atom is -0.481 e. The fourth-order valence-corrected chi connectivity index (χ4v) is 2.85. The zero-order valence-electron chi connectivity index (χ0n) is 11.2. The van der Waals surface area contributed by atoms with E-state index in [1.54, 1.807) is 13.8 Å². The van der Waals surface area contributed by atoms with E-state index in [1.165, 1.54) is 6.20 Å². The fraction of sp³-hybridized carbons (Fsp3) is 0.636. The van der Waals surface area contributed by atoms with E-state index >= 15 is 0 Å². The normalized spacial score (nSPS) is 13.7. The molecule has 0 saturated heterocycles. The summed E-state index contributed by atoms with van der Waals surface area (Å²) in [6, 6.07) is -0.657. The van der Waals surface area contributed by atoms with E-state index in [-0.39, 0.29) is 17.4 Å². The summed E-state index contributed by atoms with van der Waals surface area (Å²) in [6.07, 6.45) is 1.57. The molecule has 0 fully saturated rings. The van der Waals surface area contributed by atoms with Crippen LogP contribution in [-0.4, -0.2) is 35.5 Å². The number of aromatic nitrogens is 2. The molecule has 0 saturated carbocycles. The third-order valence-corrected chi connectivity index (χ3v) is 4.13. The van der Waals surface area contributed by atoms with Gasteiger partial charge in [0, 0.05) is 12.5 Å². The van der Waals surface area contributed by atoms with Crippen molar-refractivity contribution in [2.45, 2.75) is 44.7 Å². The highest BCUT2D eigenvalue weighted by Gasteiger charge is 2.25. The molecule has 8 heteroatoms. The highest BCUT2D eigenvalue weighted by Crippen LogP contribution is 2.12. The molecule has 19 heavy (non-hydrogen) atoms. The summed E-state index contributed by atoms with van der Waals surface area (Å²) in [5, 5.41) is 8.75. The first-order valence-corrected chi connectivity index (χ1v) is 7.52. The number of sulfonamides is 1. The average Bonchev–Trinajstić information content (AvgIpc) is 2.76. The van der Waals surface area contributed by atoms with Crippen LogP contribution in [0.4, 0.5) is 0 Å². The van der Waals surface area contributed by atoms with Gasteiger partial charge in [-0.15, -0.1) is 0 Å². The number of imidazole rings is 1. The quantitative estimate of drug-likeness (QED) is 0.685. The molecule has 0 spiro atoms. The minimum atomic E-state index is -3.77. The van der Waals surface area contributed by atoms with Crippen LogP contribution in [0.3, 0.4) is 0 Å². The number of rotatable bonds is 7. The van der Waals surface area contributed by atoms with Gasteiger partial charge in [0.1, 0.15) is 5.82 Å². The number of hydrogen-bond donors (Lipinski definition) is 3. The first-order valence-electron chi connectivity index (χ1n) is 6.04. The van der Waals surface area contributed by atoms with Gasteiger partial charge in [-0.3, -0.25) is 4.79 Å². The Morgan fingerprint density at radius 1 is 1.53 bits per heavy atom. The van der Waals surface area contributed by atoms with E-state index in [0.29, 0.717) is 12.2 Å². The highest BCUT2D eigenvalue weighted by molar-refractivity contribution is 7.89.